The van der Waals surface area contributed by atoms with E-state index in [1.165, 1.54) is 25.0 Å². The van der Waals surface area contributed by atoms with Gasteiger partial charge in [-0.25, -0.2) is 0 Å². The molecule has 3 fully saturated rings. The predicted octanol–water partition coefficient (Wildman–Crippen LogP) is 5.19. The van der Waals surface area contributed by atoms with Crippen LogP contribution in [0.3, 0.4) is 0 Å². The third-order valence-corrected chi connectivity index (χ3v) is 11.1. The Balaban J connectivity index is 1.09. The Labute approximate surface area is 296 Å². The van der Waals surface area contributed by atoms with Crippen molar-refractivity contribution in [3.8, 4) is 12.1 Å². The van der Waals surface area contributed by atoms with Gasteiger partial charge in [-0.15, -0.1) is 0 Å². The molecule has 4 aliphatic rings. The Bertz CT molecular complexity index is 1980. The lowest BCUT2D eigenvalue weighted by atomic mass is 9.95. The second-order valence-corrected chi connectivity index (χ2v) is 14.2. The van der Waals surface area contributed by atoms with E-state index in [-0.39, 0.29) is 29.8 Å². The van der Waals surface area contributed by atoms with E-state index in [1.807, 2.05) is 12.1 Å². The lowest BCUT2D eigenvalue weighted by Crippen LogP contribution is -2.55. The van der Waals surface area contributed by atoms with Gasteiger partial charge < -0.3 is 24.0 Å². The van der Waals surface area contributed by atoms with Gasteiger partial charge >= 0.3 is 6.01 Å². The minimum absolute atomic E-state index is 0.0580. The van der Waals surface area contributed by atoms with Crippen molar-refractivity contribution in [2.45, 2.75) is 63.6 Å². The quantitative estimate of drug-likeness (QED) is 0.226. The molecule has 4 aromatic rings. The summed E-state index contributed by atoms with van der Waals surface area (Å²) in [6.07, 6.45) is 8.53. The smallest absolute Gasteiger partial charge is 0.318 e. The van der Waals surface area contributed by atoms with Gasteiger partial charge in [-0.2, -0.15) is 20.2 Å². The van der Waals surface area contributed by atoms with E-state index >= 15 is 0 Å². The van der Waals surface area contributed by atoms with Gasteiger partial charge in [0.2, 0.25) is 5.91 Å². The third kappa shape index (κ3) is 6.13. The number of benzene rings is 2. The molecule has 1 amide bonds. The number of aryl methyl sites for hydroxylation is 1. The Morgan fingerprint density at radius 3 is 2.68 bits per heavy atom. The van der Waals surface area contributed by atoms with Crippen LogP contribution in [-0.4, -0.2) is 93.3 Å². The molecular formula is C37H40ClN9O3. The molecule has 0 bridgehead atoms. The van der Waals surface area contributed by atoms with Crippen LogP contribution < -0.4 is 14.5 Å². The number of aromatic nitrogens is 4. The van der Waals surface area contributed by atoms with Crippen LogP contribution in [0.2, 0.25) is 5.02 Å². The fourth-order valence-electron chi connectivity index (χ4n) is 8.36. The Morgan fingerprint density at radius 2 is 1.90 bits per heavy atom. The summed E-state index contributed by atoms with van der Waals surface area (Å²) in [5, 5.41) is 16.4. The van der Waals surface area contributed by atoms with Gasteiger partial charge in [0.25, 0.3) is 5.89 Å². The molecule has 8 rings (SSSR count). The maximum absolute atomic E-state index is 13.3. The highest BCUT2D eigenvalue weighted by molar-refractivity contribution is 6.36. The van der Waals surface area contributed by atoms with Crippen LogP contribution in [0.5, 0.6) is 6.01 Å². The highest BCUT2D eigenvalue weighted by atomic mass is 35.5. The van der Waals surface area contributed by atoms with Crippen LogP contribution in [0.4, 0.5) is 11.5 Å². The van der Waals surface area contributed by atoms with Gasteiger partial charge in [-0.3, -0.25) is 9.69 Å². The molecule has 6 heterocycles. The number of rotatable bonds is 8. The van der Waals surface area contributed by atoms with Crippen LogP contribution in [0.25, 0.3) is 16.8 Å². The van der Waals surface area contributed by atoms with Crippen LogP contribution in [0, 0.1) is 18.3 Å². The fraction of sp³-hybridized carbons (Fsp3) is 0.459. The number of carbonyl (C=O) groups is 1. The third-order valence-electron chi connectivity index (χ3n) is 10.8. The van der Waals surface area contributed by atoms with Crippen molar-refractivity contribution in [3.63, 3.8) is 0 Å². The summed E-state index contributed by atoms with van der Waals surface area (Å²) in [4.78, 5) is 36.5. The number of piperazine rings is 1. The number of nitriles is 1. The lowest BCUT2D eigenvalue weighted by Gasteiger charge is -2.42. The van der Waals surface area contributed by atoms with Crippen molar-refractivity contribution in [2.75, 3.05) is 55.7 Å². The van der Waals surface area contributed by atoms with Gasteiger partial charge in [0, 0.05) is 55.0 Å². The van der Waals surface area contributed by atoms with Gasteiger partial charge in [-0.05, 0) is 69.6 Å². The highest BCUT2D eigenvalue weighted by Crippen LogP contribution is 2.40. The highest BCUT2D eigenvalue weighted by Gasteiger charge is 2.45. The van der Waals surface area contributed by atoms with Crippen molar-refractivity contribution in [3.05, 3.63) is 70.5 Å². The van der Waals surface area contributed by atoms with Gasteiger partial charge in [-0.1, -0.05) is 41.0 Å². The number of carbonyl (C=O) groups excluding carboxylic acids is 1. The number of ether oxygens (including phenoxy) is 1. The van der Waals surface area contributed by atoms with E-state index in [0.717, 1.165) is 77.5 Å². The molecule has 1 atom stereocenters. The molecule has 0 saturated carbocycles. The number of nitrogens with zero attached hydrogens (tertiary/aromatic N) is 9. The molecule has 50 heavy (non-hydrogen) atoms. The zero-order valence-electron chi connectivity index (χ0n) is 28.2. The Kier molecular flexibility index (Phi) is 8.79. The molecule has 2 aromatic carbocycles. The molecule has 1 unspecified atom stereocenters. The molecule has 12 nitrogen and oxygen atoms in total. The zero-order chi connectivity index (χ0) is 34.2. The van der Waals surface area contributed by atoms with Crippen LogP contribution >= 0.6 is 11.6 Å². The van der Waals surface area contributed by atoms with E-state index in [9.17, 15) is 10.1 Å². The van der Waals surface area contributed by atoms with Crippen LogP contribution in [0.1, 0.15) is 55.1 Å². The SMILES string of the molecule is Cc1noc(/C=C/C(=O)N2CCN(c3nc(OCC45CCCN4CCC5)nc4c3CCN(c3cccc5cccc(Cl)c35)C4)CC2CC#N)n1. The fourth-order valence-corrected chi connectivity index (χ4v) is 8.64. The molecule has 0 N–H and O–H groups in total. The van der Waals surface area contributed by atoms with Crippen LogP contribution in [-0.2, 0) is 17.8 Å². The Hall–Kier alpha value is -4.73. The molecule has 0 aliphatic carbocycles. The average molecular weight is 694 g/mol. The van der Waals surface area contributed by atoms with E-state index in [1.54, 1.807) is 11.8 Å². The molecule has 13 heteroatoms. The number of anilines is 2. The number of halogens is 1. The summed E-state index contributed by atoms with van der Waals surface area (Å²) in [6.45, 7) is 7.35. The first kappa shape index (κ1) is 32.5. The number of hydrogen-bond acceptors (Lipinski definition) is 11. The zero-order valence-corrected chi connectivity index (χ0v) is 29.0. The molecule has 0 spiro atoms. The first-order valence-electron chi connectivity index (χ1n) is 17.5. The van der Waals surface area contributed by atoms with Crippen molar-refractivity contribution < 1.29 is 14.1 Å². The average Bonchev–Trinajstić information content (AvgIpc) is 3.85. The monoisotopic (exact) mass is 693 g/mol. The summed E-state index contributed by atoms with van der Waals surface area (Å²) in [6, 6.07) is 14.7. The molecule has 2 aromatic heterocycles. The molecular weight excluding hydrogens is 654 g/mol. The van der Waals surface area contributed by atoms with Crippen molar-refractivity contribution in [1.82, 2.24) is 29.9 Å². The van der Waals surface area contributed by atoms with E-state index in [4.69, 9.17) is 30.8 Å². The first-order chi connectivity index (χ1) is 24.4. The summed E-state index contributed by atoms with van der Waals surface area (Å²) in [7, 11) is 0. The van der Waals surface area contributed by atoms with Crippen LogP contribution in [0.15, 0.2) is 47.0 Å². The summed E-state index contributed by atoms with van der Waals surface area (Å²) < 4.78 is 11.7. The molecule has 258 valence electrons. The van der Waals surface area contributed by atoms with E-state index < -0.39 is 0 Å². The minimum Gasteiger partial charge on any atom is -0.461 e. The maximum Gasteiger partial charge on any atom is 0.318 e. The second-order valence-electron chi connectivity index (χ2n) is 13.8. The number of amides is 1. The van der Waals surface area contributed by atoms with Gasteiger partial charge in [0.1, 0.15) is 12.4 Å². The normalized spacial score (nSPS) is 20.3. The minimum atomic E-state index is -0.326. The predicted molar refractivity (Wildman–Crippen MR) is 190 cm³/mol. The molecule has 4 aliphatic heterocycles. The van der Waals surface area contributed by atoms with Crippen molar-refractivity contribution in [2.24, 2.45) is 0 Å². The first-order valence-corrected chi connectivity index (χ1v) is 17.9. The largest absolute Gasteiger partial charge is 0.461 e. The standard InChI is InChI=1S/C37H40ClN9O3/c1-25-40-32(50-43-25)10-11-33(48)47-21-20-45(22-27(47)12-16-39)35-28-13-19-44(31-9-3-7-26-6-2-8-29(38)34(26)31)23-30(28)41-36(42-35)49-24-37-14-4-17-46(37)18-5-15-37/h2-3,6-11,27H,4-5,12-15,17-24H2,1H3/b11-10+. The second kappa shape index (κ2) is 13.5. The van der Waals surface area contributed by atoms with Gasteiger partial charge in [0.15, 0.2) is 5.82 Å². The Morgan fingerprint density at radius 1 is 1.08 bits per heavy atom. The topological polar surface area (TPSA) is 128 Å². The van der Waals surface area contributed by atoms with Crippen molar-refractivity contribution >= 4 is 45.9 Å². The maximum atomic E-state index is 13.3. The summed E-state index contributed by atoms with van der Waals surface area (Å²) in [5.41, 5.74) is 3.16. The number of hydrogen-bond donors (Lipinski definition) is 0. The van der Waals surface area contributed by atoms with Gasteiger partial charge in [0.05, 0.1) is 41.3 Å². The van der Waals surface area contributed by atoms with E-state index in [0.29, 0.717) is 44.6 Å². The van der Waals surface area contributed by atoms with E-state index in [2.05, 4.69) is 55.2 Å². The molecule has 0 radical (unpaired) electrons. The summed E-state index contributed by atoms with van der Waals surface area (Å²) >= 11 is 6.76. The summed E-state index contributed by atoms with van der Waals surface area (Å²) in [5.74, 6) is 1.40. The number of fused-ring (bicyclic) bond motifs is 3. The lowest BCUT2D eigenvalue weighted by molar-refractivity contribution is -0.128. The van der Waals surface area contributed by atoms with Crippen molar-refractivity contribution in [1.29, 1.82) is 5.26 Å². The molecule has 3 saturated heterocycles.